The minimum absolute atomic E-state index is 0.212. The third kappa shape index (κ3) is 2.30. The third-order valence-corrected chi connectivity index (χ3v) is 2.23. The summed E-state index contributed by atoms with van der Waals surface area (Å²) < 4.78 is 10.3. The van der Waals surface area contributed by atoms with Gasteiger partial charge in [-0.15, -0.1) is 0 Å². The molecule has 86 valence electrons. The highest BCUT2D eigenvalue weighted by atomic mass is 16.5. The molecular formula is C11H15N3O2. The summed E-state index contributed by atoms with van der Waals surface area (Å²) in [5, 5.41) is 3.83. The molecule has 2 N–H and O–H groups in total. The second-order valence-electron chi connectivity index (χ2n) is 4.17. The van der Waals surface area contributed by atoms with Gasteiger partial charge in [0.1, 0.15) is 0 Å². The molecule has 0 aliphatic heterocycles. The van der Waals surface area contributed by atoms with Crippen molar-refractivity contribution >= 4 is 0 Å². The van der Waals surface area contributed by atoms with Gasteiger partial charge in [0.2, 0.25) is 11.7 Å². The Morgan fingerprint density at radius 2 is 2.25 bits per heavy atom. The molecule has 0 aromatic carbocycles. The number of nitrogens with two attached hydrogens (primary N) is 1. The van der Waals surface area contributed by atoms with E-state index < -0.39 is 0 Å². The van der Waals surface area contributed by atoms with E-state index in [1.54, 1.807) is 18.4 Å². The van der Waals surface area contributed by atoms with Crippen LogP contribution in [0.5, 0.6) is 0 Å². The molecule has 1 unspecified atom stereocenters. The van der Waals surface area contributed by atoms with E-state index >= 15 is 0 Å². The molecule has 5 heteroatoms. The lowest BCUT2D eigenvalue weighted by atomic mass is 10.0. The van der Waals surface area contributed by atoms with Gasteiger partial charge in [0.15, 0.2) is 5.76 Å². The summed E-state index contributed by atoms with van der Waals surface area (Å²) in [7, 11) is 0. The zero-order valence-electron chi connectivity index (χ0n) is 9.38. The van der Waals surface area contributed by atoms with Gasteiger partial charge in [-0.25, -0.2) is 0 Å². The molecule has 0 amide bonds. The first-order chi connectivity index (χ1) is 7.66. The highest BCUT2D eigenvalue weighted by molar-refractivity contribution is 5.44. The Hall–Kier alpha value is -1.62. The van der Waals surface area contributed by atoms with Gasteiger partial charge in [-0.1, -0.05) is 19.0 Å². The molecule has 0 radical (unpaired) electrons. The van der Waals surface area contributed by atoms with Crippen molar-refractivity contribution in [3.8, 4) is 11.6 Å². The van der Waals surface area contributed by atoms with Crippen molar-refractivity contribution in [1.29, 1.82) is 0 Å². The van der Waals surface area contributed by atoms with Gasteiger partial charge in [-0.05, 0) is 24.5 Å². The van der Waals surface area contributed by atoms with Crippen LogP contribution in [-0.4, -0.2) is 10.1 Å². The Kier molecular flexibility index (Phi) is 3.05. The van der Waals surface area contributed by atoms with Crippen molar-refractivity contribution in [3.63, 3.8) is 0 Å². The van der Waals surface area contributed by atoms with E-state index in [1.807, 2.05) is 0 Å². The minimum atomic E-state index is -0.212. The van der Waals surface area contributed by atoms with Crippen molar-refractivity contribution in [3.05, 3.63) is 24.3 Å². The average Bonchev–Trinajstić information content (AvgIpc) is 2.87. The van der Waals surface area contributed by atoms with Crippen LogP contribution >= 0.6 is 0 Å². The average molecular weight is 221 g/mol. The Morgan fingerprint density at radius 3 is 2.88 bits per heavy atom. The Bertz CT molecular complexity index is 434. The summed E-state index contributed by atoms with van der Waals surface area (Å²) in [6.07, 6.45) is 2.39. The summed E-state index contributed by atoms with van der Waals surface area (Å²) in [5.74, 6) is 1.99. The third-order valence-electron chi connectivity index (χ3n) is 2.23. The topological polar surface area (TPSA) is 78.1 Å². The van der Waals surface area contributed by atoms with Crippen molar-refractivity contribution < 1.29 is 8.94 Å². The first-order valence-corrected chi connectivity index (χ1v) is 5.30. The maximum Gasteiger partial charge on any atom is 0.243 e. The summed E-state index contributed by atoms with van der Waals surface area (Å²) in [4.78, 5) is 4.21. The van der Waals surface area contributed by atoms with Crippen molar-refractivity contribution in [2.75, 3.05) is 0 Å². The van der Waals surface area contributed by atoms with Crippen LogP contribution in [0.2, 0.25) is 0 Å². The number of rotatable bonds is 4. The molecule has 0 fully saturated rings. The highest BCUT2D eigenvalue weighted by Crippen LogP contribution is 2.21. The van der Waals surface area contributed by atoms with E-state index in [9.17, 15) is 0 Å². The molecular weight excluding hydrogens is 206 g/mol. The molecule has 5 nitrogen and oxygen atoms in total. The molecule has 0 aliphatic carbocycles. The van der Waals surface area contributed by atoms with E-state index in [0.29, 0.717) is 23.4 Å². The SMILES string of the molecule is CC(C)CC(N)c1nc(-c2ccco2)no1. The molecule has 16 heavy (non-hydrogen) atoms. The fourth-order valence-electron chi connectivity index (χ4n) is 1.50. The fourth-order valence-corrected chi connectivity index (χ4v) is 1.50. The first kappa shape index (κ1) is 10.9. The molecule has 2 aromatic heterocycles. The van der Waals surface area contributed by atoms with Crippen LogP contribution in [0.25, 0.3) is 11.6 Å². The van der Waals surface area contributed by atoms with E-state index in [4.69, 9.17) is 14.7 Å². The van der Waals surface area contributed by atoms with Crippen molar-refractivity contribution in [2.45, 2.75) is 26.3 Å². The van der Waals surface area contributed by atoms with Crippen molar-refractivity contribution in [2.24, 2.45) is 11.7 Å². The number of nitrogens with zero attached hydrogens (tertiary/aromatic N) is 2. The molecule has 2 rings (SSSR count). The number of hydrogen-bond donors (Lipinski definition) is 1. The molecule has 2 aromatic rings. The zero-order chi connectivity index (χ0) is 11.5. The van der Waals surface area contributed by atoms with Crippen LogP contribution in [0.15, 0.2) is 27.3 Å². The summed E-state index contributed by atoms with van der Waals surface area (Å²) in [6.45, 7) is 4.20. The molecule has 0 saturated carbocycles. The van der Waals surface area contributed by atoms with E-state index in [-0.39, 0.29) is 6.04 Å². The predicted molar refractivity (Wildman–Crippen MR) is 58.4 cm³/mol. The fraction of sp³-hybridized carbons (Fsp3) is 0.455. The van der Waals surface area contributed by atoms with Crippen LogP contribution in [0.3, 0.4) is 0 Å². The summed E-state index contributed by atoms with van der Waals surface area (Å²) in [5.41, 5.74) is 5.94. The zero-order valence-corrected chi connectivity index (χ0v) is 9.38. The Morgan fingerprint density at radius 1 is 1.44 bits per heavy atom. The van der Waals surface area contributed by atoms with Gasteiger partial charge in [-0.3, -0.25) is 0 Å². The van der Waals surface area contributed by atoms with Crippen molar-refractivity contribution in [1.82, 2.24) is 10.1 Å². The van der Waals surface area contributed by atoms with Gasteiger partial charge in [0, 0.05) is 0 Å². The predicted octanol–water partition coefficient (Wildman–Crippen LogP) is 2.38. The monoisotopic (exact) mass is 221 g/mol. The van der Waals surface area contributed by atoms with Crippen LogP contribution in [0.1, 0.15) is 32.2 Å². The van der Waals surface area contributed by atoms with Gasteiger partial charge >= 0.3 is 0 Å². The maximum atomic E-state index is 5.94. The highest BCUT2D eigenvalue weighted by Gasteiger charge is 2.17. The van der Waals surface area contributed by atoms with Crippen LogP contribution < -0.4 is 5.73 Å². The van der Waals surface area contributed by atoms with E-state index in [0.717, 1.165) is 6.42 Å². The van der Waals surface area contributed by atoms with Gasteiger partial charge in [-0.2, -0.15) is 4.98 Å². The minimum Gasteiger partial charge on any atom is -0.461 e. The van der Waals surface area contributed by atoms with Gasteiger partial charge in [0.05, 0.1) is 12.3 Å². The quantitative estimate of drug-likeness (QED) is 0.857. The summed E-state index contributed by atoms with van der Waals surface area (Å²) >= 11 is 0. The van der Waals surface area contributed by atoms with Crippen LogP contribution in [0, 0.1) is 5.92 Å². The molecule has 1 atom stereocenters. The lowest BCUT2D eigenvalue weighted by molar-refractivity contribution is 0.335. The van der Waals surface area contributed by atoms with Crippen LogP contribution in [0.4, 0.5) is 0 Å². The standard InChI is InChI=1S/C11H15N3O2/c1-7(2)6-8(12)11-13-10(14-16-11)9-4-3-5-15-9/h3-5,7-8H,6,12H2,1-2H3. The maximum absolute atomic E-state index is 5.94. The first-order valence-electron chi connectivity index (χ1n) is 5.30. The van der Waals surface area contributed by atoms with E-state index in [1.165, 1.54) is 0 Å². The number of furan rings is 1. The molecule has 0 saturated heterocycles. The Labute approximate surface area is 93.6 Å². The van der Waals surface area contributed by atoms with Gasteiger partial charge < -0.3 is 14.7 Å². The summed E-state index contributed by atoms with van der Waals surface area (Å²) in [6, 6.07) is 3.35. The molecule has 0 spiro atoms. The molecule has 0 bridgehead atoms. The number of aromatic nitrogens is 2. The Balaban J connectivity index is 2.13. The second-order valence-corrected chi connectivity index (χ2v) is 4.17. The normalized spacial score (nSPS) is 13.2. The smallest absolute Gasteiger partial charge is 0.243 e. The molecule has 2 heterocycles. The van der Waals surface area contributed by atoms with Gasteiger partial charge in [0.25, 0.3) is 0 Å². The lowest BCUT2D eigenvalue weighted by Gasteiger charge is -2.08. The number of hydrogen-bond acceptors (Lipinski definition) is 5. The van der Waals surface area contributed by atoms with E-state index in [2.05, 4.69) is 24.0 Å². The largest absolute Gasteiger partial charge is 0.461 e. The van der Waals surface area contributed by atoms with Crippen LogP contribution in [-0.2, 0) is 0 Å². The molecule has 0 aliphatic rings. The lowest BCUT2D eigenvalue weighted by Crippen LogP contribution is -2.13. The second kappa shape index (κ2) is 4.49.